The van der Waals surface area contributed by atoms with Crippen LogP contribution in [0.1, 0.15) is 45.4 Å². The molecule has 0 amide bonds. The van der Waals surface area contributed by atoms with E-state index in [-0.39, 0.29) is 0 Å². The molecule has 0 bridgehead atoms. The molecule has 0 aromatic rings. The van der Waals surface area contributed by atoms with Gasteiger partial charge in [-0.25, -0.2) is 0 Å². The first-order valence-corrected chi connectivity index (χ1v) is 3.91. The summed E-state index contributed by atoms with van der Waals surface area (Å²) in [5.74, 6) is -1.08. The zero-order chi connectivity index (χ0) is 7.82. The molecule has 1 fully saturated rings. The maximum Gasteiger partial charge on any atom is 0.0383 e. The van der Waals surface area contributed by atoms with Gasteiger partial charge in [0.05, 0.1) is 0 Å². The van der Waals surface area contributed by atoms with Crippen LogP contribution < -0.4 is 5.11 Å². The fourth-order valence-electron chi connectivity index (χ4n) is 1.06. The van der Waals surface area contributed by atoms with Crippen LogP contribution in [0.3, 0.4) is 0 Å². The van der Waals surface area contributed by atoms with E-state index in [4.69, 9.17) is 9.90 Å². The van der Waals surface area contributed by atoms with Crippen LogP contribution in [0.15, 0.2) is 0 Å². The molecular formula is C8H15O2-. The van der Waals surface area contributed by atoms with E-state index >= 15 is 0 Å². The molecule has 0 spiro atoms. The lowest BCUT2D eigenvalue weighted by atomic mass is 10.0. The molecule has 1 aliphatic carbocycles. The molecule has 0 heterocycles. The average Bonchev–Trinajstić information content (AvgIpc) is 1.90. The summed E-state index contributed by atoms with van der Waals surface area (Å²) in [6.45, 7) is 0.972. The molecule has 0 saturated heterocycles. The second-order valence-corrected chi connectivity index (χ2v) is 2.61. The topological polar surface area (TPSA) is 40.1 Å². The summed E-state index contributed by atoms with van der Waals surface area (Å²) in [6, 6.07) is 0. The van der Waals surface area contributed by atoms with Crippen molar-refractivity contribution in [3.8, 4) is 0 Å². The maximum atomic E-state index is 8.89. The van der Waals surface area contributed by atoms with Gasteiger partial charge in [0.15, 0.2) is 0 Å². The number of rotatable bonds is 0. The highest BCUT2D eigenvalue weighted by atomic mass is 16.4. The van der Waals surface area contributed by atoms with E-state index in [1.165, 1.54) is 38.5 Å². The van der Waals surface area contributed by atoms with E-state index in [0.29, 0.717) is 0 Å². The Labute approximate surface area is 62.2 Å². The van der Waals surface area contributed by atoms with Gasteiger partial charge in [-0.05, 0) is 6.92 Å². The molecule has 0 atom stereocenters. The van der Waals surface area contributed by atoms with Crippen LogP contribution in [-0.4, -0.2) is 5.97 Å². The Morgan fingerprint density at radius 3 is 1.20 bits per heavy atom. The first kappa shape index (κ1) is 9.47. The molecule has 0 aliphatic heterocycles. The first-order valence-electron chi connectivity index (χ1n) is 3.91. The Morgan fingerprint density at radius 1 is 1.00 bits per heavy atom. The summed E-state index contributed by atoms with van der Waals surface area (Å²) in [7, 11) is 0. The predicted octanol–water partition coefficient (Wildman–Crippen LogP) is 1.10. The first-order chi connectivity index (χ1) is 4.73. The molecule has 1 aliphatic rings. The smallest absolute Gasteiger partial charge is 0.0383 e. The SMILES string of the molecule is C1CCCCC1.CC(=O)[O-]. The Balaban J connectivity index is 0.000000180. The van der Waals surface area contributed by atoms with Crippen molar-refractivity contribution in [2.75, 3.05) is 0 Å². The zero-order valence-corrected chi connectivity index (χ0v) is 6.56. The minimum Gasteiger partial charge on any atom is -0.550 e. The van der Waals surface area contributed by atoms with Gasteiger partial charge >= 0.3 is 0 Å². The zero-order valence-electron chi connectivity index (χ0n) is 6.56. The Hall–Kier alpha value is -0.530. The lowest BCUT2D eigenvalue weighted by Crippen LogP contribution is -2.16. The lowest BCUT2D eigenvalue weighted by molar-refractivity contribution is -0.302. The second-order valence-electron chi connectivity index (χ2n) is 2.61. The van der Waals surface area contributed by atoms with Crippen LogP contribution in [0, 0.1) is 0 Å². The van der Waals surface area contributed by atoms with E-state index in [0.717, 1.165) is 6.92 Å². The monoisotopic (exact) mass is 143 g/mol. The predicted molar refractivity (Wildman–Crippen MR) is 38.4 cm³/mol. The number of carbonyl (C=O) groups is 1. The van der Waals surface area contributed by atoms with E-state index in [9.17, 15) is 0 Å². The summed E-state index contributed by atoms with van der Waals surface area (Å²) in [5.41, 5.74) is 0. The minimum atomic E-state index is -1.08. The fourth-order valence-corrected chi connectivity index (χ4v) is 1.06. The molecule has 0 radical (unpaired) electrons. The van der Waals surface area contributed by atoms with Gasteiger partial charge in [0.1, 0.15) is 0 Å². The number of carboxylic acid groups (broad SMARTS) is 1. The van der Waals surface area contributed by atoms with Gasteiger partial charge in [-0.15, -0.1) is 0 Å². The summed E-state index contributed by atoms with van der Waals surface area (Å²) in [6.07, 6.45) is 9.00. The Morgan fingerprint density at radius 2 is 1.10 bits per heavy atom. The quantitative estimate of drug-likeness (QED) is 0.509. The van der Waals surface area contributed by atoms with Gasteiger partial charge in [-0.2, -0.15) is 0 Å². The number of carboxylic acids is 1. The standard InChI is InChI=1S/C6H12.C2H4O2/c1-2-4-6-5-3-1;1-2(3)4/h1-6H2;1H3,(H,3,4)/p-1. The van der Waals surface area contributed by atoms with Crippen molar-refractivity contribution in [3.63, 3.8) is 0 Å². The molecule has 0 aromatic carbocycles. The van der Waals surface area contributed by atoms with Crippen LogP contribution in [-0.2, 0) is 4.79 Å². The third-order valence-electron chi connectivity index (χ3n) is 1.50. The summed E-state index contributed by atoms with van der Waals surface area (Å²) < 4.78 is 0. The molecule has 2 nitrogen and oxygen atoms in total. The van der Waals surface area contributed by atoms with Gasteiger partial charge in [0, 0.05) is 5.97 Å². The maximum absolute atomic E-state index is 8.89. The van der Waals surface area contributed by atoms with Crippen LogP contribution >= 0.6 is 0 Å². The molecule has 1 rings (SSSR count). The molecule has 0 unspecified atom stereocenters. The van der Waals surface area contributed by atoms with Gasteiger partial charge in [-0.3, -0.25) is 0 Å². The van der Waals surface area contributed by atoms with Crippen LogP contribution in [0.25, 0.3) is 0 Å². The molecule has 2 heteroatoms. The van der Waals surface area contributed by atoms with Crippen molar-refractivity contribution in [1.82, 2.24) is 0 Å². The van der Waals surface area contributed by atoms with Crippen molar-refractivity contribution in [2.24, 2.45) is 0 Å². The molecule has 0 N–H and O–H groups in total. The van der Waals surface area contributed by atoms with E-state index in [1.54, 1.807) is 0 Å². The molecule has 60 valence electrons. The fraction of sp³-hybridized carbons (Fsp3) is 0.875. The number of hydrogen-bond acceptors (Lipinski definition) is 2. The largest absolute Gasteiger partial charge is 0.550 e. The molecule has 10 heavy (non-hydrogen) atoms. The highest BCUT2D eigenvalue weighted by Crippen LogP contribution is 2.15. The van der Waals surface area contributed by atoms with Crippen molar-refractivity contribution in [1.29, 1.82) is 0 Å². The molecule has 0 aromatic heterocycles. The Kier molecular flexibility index (Phi) is 6.24. The third-order valence-corrected chi connectivity index (χ3v) is 1.50. The van der Waals surface area contributed by atoms with Crippen molar-refractivity contribution in [2.45, 2.75) is 45.4 Å². The second kappa shape index (κ2) is 6.59. The van der Waals surface area contributed by atoms with Gasteiger partial charge in [-0.1, -0.05) is 38.5 Å². The molecular weight excluding hydrogens is 128 g/mol. The van der Waals surface area contributed by atoms with Crippen LogP contribution in [0.5, 0.6) is 0 Å². The van der Waals surface area contributed by atoms with Gasteiger partial charge in [0.2, 0.25) is 0 Å². The molecule has 1 saturated carbocycles. The summed E-state index contributed by atoms with van der Waals surface area (Å²) in [5, 5.41) is 8.89. The average molecular weight is 143 g/mol. The third kappa shape index (κ3) is 10.5. The van der Waals surface area contributed by atoms with Crippen LogP contribution in [0.2, 0.25) is 0 Å². The normalized spacial score (nSPS) is 16.9. The highest BCUT2D eigenvalue weighted by molar-refractivity contribution is 5.60. The number of carbonyl (C=O) groups excluding carboxylic acids is 1. The van der Waals surface area contributed by atoms with Crippen molar-refractivity contribution in [3.05, 3.63) is 0 Å². The van der Waals surface area contributed by atoms with E-state index in [1.807, 2.05) is 0 Å². The van der Waals surface area contributed by atoms with Crippen molar-refractivity contribution < 1.29 is 9.90 Å². The van der Waals surface area contributed by atoms with Gasteiger partial charge in [0.25, 0.3) is 0 Å². The number of hydrogen-bond donors (Lipinski definition) is 0. The highest BCUT2D eigenvalue weighted by Gasteiger charge is 1.95. The lowest BCUT2D eigenvalue weighted by Gasteiger charge is -2.05. The number of aliphatic carboxylic acids is 1. The van der Waals surface area contributed by atoms with Gasteiger partial charge < -0.3 is 9.90 Å². The van der Waals surface area contributed by atoms with Crippen molar-refractivity contribution >= 4 is 5.97 Å². The van der Waals surface area contributed by atoms with E-state index in [2.05, 4.69) is 0 Å². The summed E-state index contributed by atoms with van der Waals surface area (Å²) >= 11 is 0. The Bertz CT molecular complexity index is 69.7. The minimum absolute atomic E-state index is 0.972. The van der Waals surface area contributed by atoms with Crippen LogP contribution in [0.4, 0.5) is 0 Å². The summed E-state index contributed by atoms with van der Waals surface area (Å²) in [4.78, 5) is 8.89. The van der Waals surface area contributed by atoms with E-state index < -0.39 is 5.97 Å².